The number of halogens is 1. The van der Waals surface area contributed by atoms with Crippen molar-refractivity contribution >= 4 is 28.5 Å². The fourth-order valence-electron chi connectivity index (χ4n) is 1.05. The predicted molar refractivity (Wildman–Crippen MR) is 60.8 cm³/mol. The normalized spacial score (nSPS) is 12.2. The van der Waals surface area contributed by atoms with Gasteiger partial charge in [-0.15, -0.1) is 0 Å². The molecule has 0 heterocycles. The van der Waals surface area contributed by atoms with Gasteiger partial charge in [0.2, 0.25) is 0 Å². The van der Waals surface area contributed by atoms with Crippen LogP contribution >= 0.6 is 22.6 Å². The van der Waals surface area contributed by atoms with Gasteiger partial charge in [-0.1, -0.05) is 12.1 Å². The summed E-state index contributed by atoms with van der Waals surface area (Å²) in [6, 6.07) is 7.00. The molecule has 1 aromatic rings. The first-order valence-corrected chi connectivity index (χ1v) is 5.15. The zero-order valence-electron chi connectivity index (χ0n) is 7.40. The van der Waals surface area contributed by atoms with Crippen LogP contribution in [0.1, 0.15) is 5.56 Å². The maximum Gasteiger partial charge on any atom is 0.260 e. The molecule has 5 heteroatoms. The number of carbonyl (C=O) groups is 1. The van der Waals surface area contributed by atoms with E-state index in [1.165, 1.54) is 5.48 Å². The smallest absolute Gasteiger partial charge is 0.260 e. The largest absolute Gasteiger partial charge is 0.320 e. The Hall–Kier alpha value is -0.660. The molecule has 1 atom stereocenters. The first kappa shape index (κ1) is 11.4. The van der Waals surface area contributed by atoms with Crippen LogP contribution in [0, 0.1) is 3.57 Å². The molecule has 1 amide bonds. The van der Waals surface area contributed by atoms with Gasteiger partial charge in [-0.05, 0) is 46.7 Å². The molecule has 14 heavy (non-hydrogen) atoms. The van der Waals surface area contributed by atoms with Crippen LogP contribution in [-0.2, 0) is 11.2 Å². The third kappa shape index (κ3) is 3.24. The van der Waals surface area contributed by atoms with Crippen molar-refractivity contribution in [2.24, 2.45) is 5.73 Å². The Labute approximate surface area is 95.6 Å². The molecule has 0 bridgehead atoms. The molecule has 0 radical (unpaired) electrons. The van der Waals surface area contributed by atoms with Crippen molar-refractivity contribution in [2.45, 2.75) is 12.5 Å². The van der Waals surface area contributed by atoms with E-state index in [1.807, 2.05) is 24.3 Å². The number of nitrogens with one attached hydrogen (secondary N) is 1. The Morgan fingerprint density at radius 1 is 1.50 bits per heavy atom. The van der Waals surface area contributed by atoms with Gasteiger partial charge in [-0.3, -0.25) is 10.0 Å². The van der Waals surface area contributed by atoms with Crippen LogP contribution in [-0.4, -0.2) is 17.2 Å². The molecule has 4 nitrogen and oxygen atoms in total. The van der Waals surface area contributed by atoms with Gasteiger partial charge in [0.1, 0.15) is 0 Å². The minimum absolute atomic E-state index is 0.420. The average molecular weight is 306 g/mol. The zero-order valence-corrected chi connectivity index (χ0v) is 9.56. The van der Waals surface area contributed by atoms with Crippen molar-refractivity contribution in [3.8, 4) is 0 Å². The molecule has 0 saturated carbocycles. The topological polar surface area (TPSA) is 75.4 Å². The number of hydrogen-bond donors (Lipinski definition) is 3. The van der Waals surface area contributed by atoms with E-state index in [0.29, 0.717) is 6.42 Å². The Morgan fingerprint density at radius 2 is 2.07 bits per heavy atom. The lowest BCUT2D eigenvalue weighted by Crippen LogP contribution is -2.40. The van der Waals surface area contributed by atoms with Gasteiger partial charge >= 0.3 is 0 Å². The van der Waals surface area contributed by atoms with E-state index >= 15 is 0 Å². The predicted octanol–water partition coefficient (Wildman–Crippen LogP) is 0.666. The number of carbonyl (C=O) groups excluding carboxylic acids is 1. The summed E-state index contributed by atoms with van der Waals surface area (Å²) in [7, 11) is 0. The molecule has 0 fully saturated rings. The SMILES string of the molecule is N[C@@H](Cc1ccc(I)cc1)C(=O)NO. The Balaban J connectivity index is 2.60. The minimum Gasteiger partial charge on any atom is -0.320 e. The Bertz CT molecular complexity index is 313. The molecule has 0 aliphatic rings. The summed E-state index contributed by atoms with van der Waals surface area (Å²) in [4.78, 5) is 10.9. The summed E-state index contributed by atoms with van der Waals surface area (Å²) in [6.07, 6.45) is 0.420. The zero-order chi connectivity index (χ0) is 10.6. The summed E-state index contributed by atoms with van der Waals surface area (Å²) >= 11 is 2.20. The summed E-state index contributed by atoms with van der Waals surface area (Å²) in [5.74, 6) is -0.566. The first-order chi connectivity index (χ1) is 6.63. The molecule has 0 aliphatic carbocycles. The van der Waals surface area contributed by atoms with Crippen LogP contribution in [0.25, 0.3) is 0 Å². The highest BCUT2D eigenvalue weighted by Crippen LogP contribution is 2.08. The average Bonchev–Trinajstić information content (AvgIpc) is 2.20. The number of amides is 1. The molecule has 1 rings (SSSR count). The second-order valence-corrected chi connectivity index (χ2v) is 4.16. The highest BCUT2D eigenvalue weighted by Gasteiger charge is 2.12. The molecule has 1 aromatic carbocycles. The third-order valence-electron chi connectivity index (χ3n) is 1.82. The molecule has 76 valence electrons. The van der Waals surface area contributed by atoms with E-state index in [-0.39, 0.29) is 0 Å². The fourth-order valence-corrected chi connectivity index (χ4v) is 1.41. The molecule has 0 aliphatic heterocycles. The maximum absolute atomic E-state index is 10.9. The molecule has 0 spiro atoms. The second kappa shape index (κ2) is 5.28. The molecular weight excluding hydrogens is 295 g/mol. The van der Waals surface area contributed by atoms with Gasteiger partial charge in [-0.2, -0.15) is 0 Å². The van der Waals surface area contributed by atoms with Crippen LogP contribution in [0.4, 0.5) is 0 Å². The number of nitrogens with two attached hydrogens (primary N) is 1. The van der Waals surface area contributed by atoms with Gasteiger partial charge < -0.3 is 5.73 Å². The van der Waals surface area contributed by atoms with E-state index in [9.17, 15) is 4.79 Å². The highest BCUT2D eigenvalue weighted by atomic mass is 127. The van der Waals surface area contributed by atoms with Gasteiger partial charge in [-0.25, -0.2) is 5.48 Å². The maximum atomic E-state index is 10.9. The highest BCUT2D eigenvalue weighted by molar-refractivity contribution is 14.1. The number of benzene rings is 1. The second-order valence-electron chi connectivity index (χ2n) is 2.91. The van der Waals surface area contributed by atoms with Crippen LogP contribution in [0.15, 0.2) is 24.3 Å². The van der Waals surface area contributed by atoms with Crippen LogP contribution in [0.5, 0.6) is 0 Å². The molecule has 4 N–H and O–H groups in total. The van der Waals surface area contributed by atoms with Gasteiger partial charge in [0.15, 0.2) is 0 Å². The van der Waals surface area contributed by atoms with Crippen LogP contribution in [0.3, 0.4) is 0 Å². The number of rotatable bonds is 3. The standard InChI is InChI=1S/C9H11IN2O2/c10-7-3-1-6(2-4-7)5-8(11)9(13)12-14/h1-4,8,14H,5,11H2,(H,12,13)/t8-/m0/s1. The Kier molecular flexibility index (Phi) is 4.30. The van der Waals surface area contributed by atoms with Crippen LogP contribution in [0.2, 0.25) is 0 Å². The lowest BCUT2D eigenvalue weighted by atomic mass is 10.1. The number of hydrogen-bond acceptors (Lipinski definition) is 3. The minimum atomic E-state index is -0.708. The quantitative estimate of drug-likeness (QED) is 0.436. The summed E-state index contributed by atoms with van der Waals surface area (Å²) in [6.45, 7) is 0. The van der Waals surface area contributed by atoms with E-state index in [0.717, 1.165) is 9.13 Å². The molecule has 0 aromatic heterocycles. The van der Waals surface area contributed by atoms with E-state index < -0.39 is 11.9 Å². The molecule has 0 unspecified atom stereocenters. The summed E-state index contributed by atoms with van der Waals surface area (Å²) in [5, 5.41) is 8.35. The van der Waals surface area contributed by atoms with Gasteiger partial charge in [0.25, 0.3) is 5.91 Å². The van der Waals surface area contributed by atoms with Gasteiger partial charge in [0, 0.05) is 3.57 Å². The number of hydroxylamine groups is 1. The fraction of sp³-hybridized carbons (Fsp3) is 0.222. The van der Waals surface area contributed by atoms with Crippen molar-refractivity contribution in [3.63, 3.8) is 0 Å². The van der Waals surface area contributed by atoms with Crippen LogP contribution < -0.4 is 11.2 Å². The van der Waals surface area contributed by atoms with E-state index in [2.05, 4.69) is 22.6 Å². The monoisotopic (exact) mass is 306 g/mol. The van der Waals surface area contributed by atoms with Crippen molar-refractivity contribution in [1.29, 1.82) is 0 Å². The van der Waals surface area contributed by atoms with Gasteiger partial charge in [0.05, 0.1) is 6.04 Å². The van der Waals surface area contributed by atoms with E-state index in [4.69, 9.17) is 10.9 Å². The first-order valence-electron chi connectivity index (χ1n) is 4.07. The van der Waals surface area contributed by atoms with Crippen molar-refractivity contribution < 1.29 is 10.0 Å². The molecular formula is C9H11IN2O2. The third-order valence-corrected chi connectivity index (χ3v) is 2.54. The molecule has 0 saturated heterocycles. The lowest BCUT2D eigenvalue weighted by Gasteiger charge is -2.08. The summed E-state index contributed by atoms with van der Waals surface area (Å²) < 4.78 is 1.13. The van der Waals surface area contributed by atoms with Crippen molar-refractivity contribution in [1.82, 2.24) is 5.48 Å². The van der Waals surface area contributed by atoms with Crippen molar-refractivity contribution in [2.75, 3.05) is 0 Å². The Morgan fingerprint density at radius 3 is 2.57 bits per heavy atom. The van der Waals surface area contributed by atoms with E-state index in [1.54, 1.807) is 0 Å². The lowest BCUT2D eigenvalue weighted by molar-refractivity contribution is -0.130. The van der Waals surface area contributed by atoms with Crippen molar-refractivity contribution in [3.05, 3.63) is 33.4 Å². The summed E-state index contributed by atoms with van der Waals surface area (Å²) in [5.41, 5.74) is 8.03.